The van der Waals surface area contributed by atoms with Crippen LogP contribution in [0.5, 0.6) is 0 Å². The molecule has 0 aromatic heterocycles. The van der Waals surface area contributed by atoms with Crippen LogP contribution in [0.4, 0.5) is 0 Å². The minimum absolute atomic E-state index is 0.195. The highest BCUT2D eigenvalue weighted by atomic mass is 32.2. The summed E-state index contributed by atoms with van der Waals surface area (Å²) in [5.41, 5.74) is 0. The molecule has 0 spiro atoms. The number of thioether (sulfide) groups is 1. The maximum absolute atomic E-state index is 10.8. The fourth-order valence-corrected chi connectivity index (χ4v) is 2.28. The highest BCUT2D eigenvalue weighted by molar-refractivity contribution is 8.00. The Bertz CT molecular complexity index is 148. The average molecular weight is 204 g/mol. The van der Waals surface area contributed by atoms with Crippen molar-refractivity contribution in [3.05, 3.63) is 0 Å². The van der Waals surface area contributed by atoms with Crippen LogP contribution in [0.1, 0.15) is 40.0 Å². The van der Waals surface area contributed by atoms with E-state index in [1.54, 1.807) is 11.8 Å². The van der Waals surface area contributed by atoms with E-state index in [4.69, 9.17) is 5.11 Å². The van der Waals surface area contributed by atoms with Crippen LogP contribution >= 0.6 is 11.8 Å². The quantitative estimate of drug-likeness (QED) is 0.692. The molecule has 0 radical (unpaired) electrons. The Morgan fingerprint density at radius 2 is 2.08 bits per heavy atom. The average Bonchev–Trinajstić information content (AvgIpc) is 2.11. The number of carboxylic acids is 1. The van der Waals surface area contributed by atoms with E-state index in [1.165, 1.54) is 0 Å². The van der Waals surface area contributed by atoms with Crippen LogP contribution in [-0.2, 0) is 4.79 Å². The third kappa shape index (κ3) is 5.97. The predicted molar refractivity (Wildman–Crippen MR) is 58.2 cm³/mol. The zero-order chi connectivity index (χ0) is 10.3. The normalized spacial score (nSPS) is 15.3. The lowest BCUT2D eigenvalue weighted by Crippen LogP contribution is -2.17. The Morgan fingerprint density at radius 1 is 1.46 bits per heavy atom. The molecule has 2 atom stereocenters. The first-order valence-electron chi connectivity index (χ1n) is 4.96. The lowest BCUT2D eigenvalue weighted by atomic mass is 10.2. The zero-order valence-corrected chi connectivity index (χ0v) is 9.56. The standard InChI is InChI=1S/C10H20O2S/c1-4-6-9(10(11)12)13-7-8(3)5-2/h8-9H,4-7H2,1-3H3,(H,11,12). The van der Waals surface area contributed by atoms with Gasteiger partial charge in [0.15, 0.2) is 0 Å². The lowest BCUT2D eigenvalue weighted by molar-refractivity contribution is -0.136. The van der Waals surface area contributed by atoms with E-state index < -0.39 is 5.97 Å². The van der Waals surface area contributed by atoms with Crippen LogP contribution in [0.25, 0.3) is 0 Å². The molecule has 3 heteroatoms. The second kappa shape index (κ2) is 7.25. The van der Waals surface area contributed by atoms with Gasteiger partial charge in [-0.3, -0.25) is 4.79 Å². The van der Waals surface area contributed by atoms with Gasteiger partial charge in [-0.2, -0.15) is 0 Å². The molecule has 13 heavy (non-hydrogen) atoms. The SMILES string of the molecule is CCCC(SCC(C)CC)C(=O)O. The Labute approximate surface area is 85.1 Å². The molecule has 1 N–H and O–H groups in total. The minimum Gasteiger partial charge on any atom is -0.480 e. The van der Waals surface area contributed by atoms with Gasteiger partial charge in [-0.1, -0.05) is 33.6 Å². The molecule has 0 heterocycles. The third-order valence-corrected chi connectivity index (χ3v) is 3.71. The summed E-state index contributed by atoms with van der Waals surface area (Å²) in [4.78, 5) is 10.8. The lowest BCUT2D eigenvalue weighted by Gasteiger charge is -2.13. The van der Waals surface area contributed by atoms with Gasteiger partial charge in [-0.25, -0.2) is 0 Å². The van der Waals surface area contributed by atoms with Crippen molar-refractivity contribution in [3.8, 4) is 0 Å². The Kier molecular flexibility index (Phi) is 7.14. The van der Waals surface area contributed by atoms with Crippen LogP contribution in [0.15, 0.2) is 0 Å². The number of aliphatic carboxylic acids is 1. The summed E-state index contributed by atoms with van der Waals surface area (Å²) >= 11 is 1.59. The largest absolute Gasteiger partial charge is 0.480 e. The molecular weight excluding hydrogens is 184 g/mol. The molecule has 2 unspecified atom stereocenters. The van der Waals surface area contributed by atoms with Gasteiger partial charge in [0.2, 0.25) is 0 Å². The van der Waals surface area contributed by atoms with Crippen molar-refractivity contribution < 1.29 is 9.90 Å². The van der Waals surface area contributed by atoms with Crippen molar-refractivity contribution in [1.82, 2.24) is 0 Å². The van der Waals surface area contributed by atoms with Crippen molar-refractivity contribution in [3.63, 3.8) is 0 Å². The number of rotatable bonds is 7. The topological polar surface area (TPSA) is 37.3 Å². The first-order chi connectivity index (χ1) is 6.11. The van der Waals surface area contributed by atoms with E-state index in [0.717, 1.165) is 25.0 Å². The van der Waals surface area contributed by atoms with Crippen LogP contribution in [-0.4, -0.2) is 22.1 Å². The highest BCUT2D eigenvalue weighted by Crippen LogP contribution is 2.20. The van der Waals surface area contributed by atoms with Crippen LogP contribution in [0.3, 0.4) is 0 Å². The predicted octanol–water partition coefficient (Wildman–Crippen LogP) is 3.02. The van der Waals surface area contributed by atoms with Gasteiger partial charge in [-0.05, 0) is 18.1 Å². The van der Waals surface area contributed by atoms with Gasteiger partial charge in [0, 0.05) is 0 Å². The Morgan fingerprint density at radius 3 is 2.46 bits per heavy atom. The molecule has 0 saturated heterocycles. The summed E-state index contributed by atoms with van der Waals surface area (Å²) in [6.45, 7) is 6.33. The molecule has 0 aliphatic heterocycles. The molecule has 0 aromatic carbocycles. The number of carbonyl (C=O) groups is 1. The van der Waals surface area contributed by atoms with Gasteiger partial charge in [0.1, 0.15) is 5.25 Å². The highest BCUT2D eigenvalue weighted by Gasteiger charge is 2.17. The molecule has 0 amide bonds. The van der Waals surface area contributed by atoms with Crippen LogP contribution < -0.4 is 0 Å². The van der Waals surface area contributed by atoms with E-state index in [9.17, 15) is 4.79 Å². The van der Waals surface area contributed by atoms with E-state index in [0.29, 0.717) is 5.92 Å². The number of hydrogen-bond acceptors (Lipinski definition) is 2. The summed E-state index contributed by atoms with van der Waals surface area (Å²) in [6, 6.07) is 0. The molecule has 0 saturated carbocycles. The summed E-state index contributed by atoms with van der Waals surface area (Å²) in [5.74, 6) is 0.937. The number of carboxylic acid groups (broad SMARTS) is 1. The first kappa shape index (κ1) is 12.8. The van der Waals surface area contributed by atoms with Gasteiger partial charge in [0.05, 0.1) is 0 Å². The second-order valence-electron chi connectivity index (χ2n) is 3.46. The zero-order valence-electron chi connectivity index (χ0n) is 8.75. The number of hydrogen-bond donors (Lipinski definition) is 1. The molecule has 78 valence electrons. The van der Waals surface area contributed by atoms with E-state index in [2.05, 4.69) is 13.8 Å². The summed E-state index contributed by atoms with van der Waals surface area (Å²) in [5, 5.41) is 8.67. The molecule has 0 aromatic rings. The van der Waals surface area contributed by atoms with Crippen LogP contribution in [0, 0.1) is 5.92 Å². The molecule has 0 aliphatic rings. The molecule has 2 nitrogen and oxygen atoms in total. The third-order valence-electron chi connectivity index (χ3n) is 2.11. The fourth-order valence-electron chi connectivity index (χ4n) is 0.939. The maximum Gasteiger partial charge on any atom is 0.316 e. The monoisotopic (exact) mass is 204 g/mol. The van der Waals surface area contributed by atoms with Crippen molar-refractivity contribution in [2.24, 2.45) is 5.92 Å². The van der Waals surface area contributed by atoms with Crippen molar-refractivity contribution in [1.29, 1.82) is 0 Å². The first-order valence-corrected chi connectivity index (χ1v) is 6.01. The summed E-state index contributed by atoms with van der Waals surface area (Å²) in [6.07, 6.45) is 2.87. The fraction of sp³-hybridized carbons (Fsp3) is 0.900. The van der Waals surface area contributed by atoms with Crippen molar-refractivity contribution >= 4 is 17.7 Å². The molecule has 0 rings (SSSR count). The Balaban J connectivity index is 3.75. The van der Waals surface area contributed by atoms with Gasteiger partial charge < -0.3 is 5.11 Å². The summed E-state index contributed by atoms with van der Waals surface area (Å²) < 4.78 is 0. The van der Waals surface area contributed by atoms with Crippen LogP contribution in [0.2, 0.25) is 0 Å². The maximum atomic E-state index is 10.8. The summed E-state index contributed by atoms with van der Waals surface area (Å²) in [7, 11) is 0. The van der Waals surface area contributed by atoms with Gasteiger partial charge in [0.25, 0.3) is 0 Å². The molecule has 0 aliphatic carbocycles. The van der Waals surface area contributed by atoms with E-state index in [-0.39, 0.29) is 5.25 Å². The molecule has 0 fully saturated rings. The molecular formula is C10H20O2S. The van der Waals surface area contributed by atoms with Crippen molar-refractivity contribution in [2.45, 2.75) is 45.3 Å². The van der Waals surface area contributed by atoms with Crippen molar-refractivity contribution in [2.75, 3.05) is 5.75 Å². The molecule has 0 bridgehead atoms. The van der Waals surface area contributed by atoms with Gasteiger partial charge >= 0.3 is 5.97 Å². The second-order valence-corrected chi connectivity index (χ2v) is 4.70. The Hall–Kier alpha value is -0.180. The van der Waals surface area contributed by atoms with E-state index >= 15 is 0 Å². The minimum atomic E-state index is -0.657. The van der Waals surface area contributed by atoms with Gasteiger partial charge in [-0.15, -0.1) is 11.8 Å². The van der Waals surface area contributed by atoms with E-state index in [1.807, 2.05) is 6.92 Å². The smallest absolute Gasteiger partial charge is 0.316 e.